The van der Waals surface area contributed by atoms with Crippen LogP contribution < -0.4 is 15.0 Å². The van der Waals surface area contributed by atoms with Gasteiger partial charge in [-0.25, -0.2) is 9.97 Å². The van der Waals surface area contributed by atoms with Gasteiger partial charge >= 0.3 is 0 Å². The van der Waals surface area contributed by atoms with E-state index in [9.17, 15) is 0 Å². The first-order valence-corrected chi connectivity index (χ1v) is 8.78. The summed E-state index contributed by atoms with van der Waals surface area (Å²) < 4.78 is 10.7. The van der Waals surface area contributed by atoms with Gasteiger partial charge in [-0.2, -0.15) is 0 Å². The molecule has 0 spiro atoms. The zero-order valence-electron chi connectivity index (χ0n) is 15.1. The van der Waals surface area contributed by atoms with Crippen molar-refractivity contribution in [3.8, 4) is 18.1 Å². The average Bonchev–Trinajstić information content (AvgIpc) is 2.74. The Bertz CT molecular complexity index is 989. The monoisotopic (exact) mass is 360 g/mol. The number of hydrogen-bond donors (Lipinski definition) is 1. The molecule has 6 heteroatoms. The van der Waals surface area contributed by atoms with E-state index in [1.54, 1.807) is 13.3 Å². The molecule has 1 N–H and O–H groups in total. The van der Waals surface area contributed by atoms with Gasteiger partial charge in [-0.3, -0.25) is 0 Å². The molecular formula is C21H20N4O2. The number of terminal acetylenes is 1. The van der Waals surface area contributed by atoms with Crippen LogP contribution in [0, 0.1) is 12.3 Å². The molecule has 1 aliphatic rings. The number of morpholine rings is 1. The molecule has 27 heavy (non-hydrogen) atoms. The number of methoxy groups -OCH3 is 1. The predicted molar refractivity (Wildman–Crippen MR) is 107 cm³/mol. The van der Waals surface area contributed by atoms with Crippen LogP contribution in [0.3, 0.4) is 0 Å². The van der Waals surface area contributed by atoms with Crippen molar-refractivity contribution in [2.75, 3.05) is 43.6 Å². The van der Waals surface area contributed by atoms with Gasteiger partial charge in [-0.15, -0.1) is 6.42 Å². The maximum atomic E-state index is 5.52. The van der Waals surface area contributed by atoms with Gasteiger partial charge in [0.2, 0.25) is 5.95 Å². The fraction of sp³-hybridized carbons (Fsp3) is 0.238. The van der Waals surface area contributed by atoms with Crippen LogP contribution in [0.1, 0.15) is 5.56 Å². The molecule has 0 radical (unpaired) electrons. The molecule has 1 aromatic heterocycles. The summed E-state index contributed by atoms with van der Waals surface area (Å²) in [4.78, 5) is 11.3. The molecule has 1 saturated heterocycles. The van der Waals surface area contributed by atoms with Crippen molar-refractivity contribution in [2.45, 2.75) is 0 Å². The van der Waals surface area contributed by atoms with Crippen molar-refractivity contribution < 1.29 is 9.47 Å². The van der Waals surface area contributed by atoms with E-state index in [1.165, 1.54) is 5.69 Å². The lowest BCUT2D eigenvalue weighted by molar-refractivity contribution is 0.122. The molecule has 1 aliphatic heterocycles. The summed E-state index contributed by atoms with van der Waals surface area (Å²) in [6.45, 7) is 3.38. The first-order valence-electron chi connectivity index (χ1n) is 8.78. The molecular weight excluding hydrogens is 340 g/mol. The minimum atomic E-state index is 0.525. The number of ether oxygens (including phenoxy) is 2. The van der Waals surface area contributed by atoms with Gasteiger partial charge in [-0.05, 0) is 30.3 Å². The highest BCUT2D eigenvalue weighted by molar-refractivity contribution is 5.83. The number of anilines is 3. The second-order valence-electron chi connectivity index (χ2n) is 6.22. The van der Waals surface area contributed by atoms with Crippen LogP contribution in [0.25, 0.3) is 10.9 Å². The average molecular weight is 360 g/mol. The van der Waals surface area contributed by atoms with Crippen LogP contribution in [-0.4, -0.2) is 43.4 Å². The Labute approximate surface area is 158 Å². The zero-order chi connectivity index (χ0) is 18.6. The van der Waals surface area contributed by atoms with Gasteiger partial charge in [0.25, 0.3) is 0 Å². The summed E-state index contributed by atoms with van der Waals surface area (Å²) in [5, 5.41) is 4.12. The normalized spacial score (nSPS) is 14.0. The Balaban J connectivity index is 1.55. The molecule has 0 atom stereocenters. The summed E-state index contributed by atoms with van der Waals surface area (Å²) >= 11 is 0. The Morgan fingerprint density at radius 1 is 1.19 bits per heavy atom. The van der Waals surface area contributed by atoms with Crippen LogP contribution in [0.4, 0.5) is 17.3 Å². The highest BCUT2D eigenvalue weighted by Crippen LogP contribution is 2.26. The number of hydrogen-bond acceptors (Lipinski definition) is 6. The van der Waals surface area contributed by atoms with Crippen LogP contribution in [0.2, 0.25) is 0 Å². The van der Waals surface area contributed by atoms with Crippen molar-refractivity contribution in [1.82, 2.24) is 9.97 Å². The summed E-state index contributed by atoms with van der Waals surface area (Å²) in [5.74, 6) is 3.77. The Morgan fingerprint density at radius 2 is 1.96 bits per heavy atom. The van der Waals surface area contributed by atoms with Crippen molar-refractivity contribution >= 4 is 28.2 Å². The maximum absolute atomic E-state index is 5.52. The molecule has 0 aliphatic carbocycles. The Kier molecular flexibility index (Phi) is 4.77. The Morgan fingerprint density at radius 3 is 2.67 bits per heavy atom. The summed E-state index contributed by atoms with van der Waals surface area (Å²) in [6.07, 6.45) is 7.28. The molecule has 0 unspecified atom stereocenters. The van der Waals surface area contributed by atoms with E-state index >= 15 is 0 Å². The second-order valence-corrected chi connectivity index (χ2v) is 6.22. The summed E-state index contributed by atoms with van der Waals surface area (Å²) in [7, 11) is 1.60. The van der Waals surface area contributed by atoms with Gasteiger partial charge in [-0.1, -0.05) is 5.92 Å². The quantitative estimate of drug-likeness (QED) is 0.721. The number of aromatic nitrogens is 2. The third kappa shape index (κ3) is 3.64. The summed E-state index contributed by atoms with van der Waals surface area (Å²) in [6, 6.07) is 11.9. The van der Waals surface area contributed by atoms with E-state index in [-0.39, 0.29) is 0 Å². The second kappa shape index (κ2) is 7.52. The van der Waals surface area contributed by atoms with E-state index < -0.39 is 0 Å². The number of nitrogens with zero attached hydrogens (tertiary/aromatic N) is 3. The molecule has 0 saturated carbocycles. The van der Waals surface area contributed by atoms with E-state index in [4.69, 9.17) is 15.9 Å². The minimum Gasteiger partial charge on any atom is -0.495 e. The van der Waals surface area contributed by atoms with Gasteiger partial charge in [0.1, 0.15) is 5.75 Å². The molecule has 3 aromatic rings. The first-order chi connectivity index (χ1) is 13.3. The standard InChI is InChI=1S/C21H20N4O2/c1-3-15-12-16-14-22-21(24-19(16)13-20(15)26-2)23-17-4-6-18(7-5-17)25-8-10-27-11-9-25/h1,4-7,12-14H,8-11H2,2H3,(H,22,23,24). The van der Waals surface area contributed by atoms with Crippen molar-refractivity contribution in [3.05, 3.63) is 48.2 Å². The molecule has 6 nitrogen and oxygen atoms in total. The topological polar surface area (TPSA) is 59.5 Å². The van der Waals surface area contributed by atoms with Crippen molar-refractivity contribution in [1.29, 1.82) is 0 Å². The van der Waals surface area contributed by atoms with Crippen LogP contribution in [0.5, 0.6) is 5.75 Å². The molecule has 4 rings (SSSR count). The van der Waals surface area contributed by atoms with E-state index in [0.717, 1.165) is 42.9 Å². The van der Waals surface area contributed by atoms with Gasteiger partial charge in [0, 0.05) is 42.1 Å². The lowest BCUT2D eigenvalue weighted by atomic mass is 10.1. The fourth-order valence-corrected chi connectivity index (χ4v) is 3.11. The number of fused-ring (bicyclic) bond motifs is 1. The van der Waals surface area contributed by atoms with Gasteiger partial charge in [0.15, 0.2) is 0 Å². The highest BCUT2D eigenvalue weighted by atomic mass is 16.5. The van der Waals surface area contributed by atoms with Gasteiger partial charge < -0.3 is 19.7 Å². The molecule has 1 fully saturated rings. The molecule has 0 bridgehead atoms. The summed E-state index contributed by atoms with van der Waals surface area (Å²) in [5.41, 5.74) is 3.58. The minimum absolute atomic E-state index is 0.525. The molecule has 2 aromatic carbocycles. The third-order valence-electron chi connectivity index (χ3n) is 4.56. The van der Waals surface area contributed by atoms with E-state index in [0.29, 0.717) is 17.3 Å². The van der Waals surface area contributed by atoms with Crippen molar-refractivity contribution in [2.24, 2.45) is 0 Å². The molecule has 136 valence electrons. The lowest BCUT2D eigenvalue weighted by Crippen LogP contribution is -2.36. The van der Waals surface area contributed by atoms with E-state index in [1.807, 2.05) is 24.3 Å². The van der Waals surface area contributed by atoms with E-state index in [2.05, 4.69) is 38.2 Å². The smallest absolute Gasteiger partial charge is 0.227 e. The zero-order valence-corrected chi connectivity index (χ0v) is 15.1. The highest BCUT2D eigenvalue weighted by Gasteiger charge is 2.11. The third-order valence-corrected chi connectivity index (χ3v) is 4.56. The predicted octanol–water partition coefficient (Wildman–Crippen LogP) is 3.20. The number of nitrogens with one attached hydrogen (secondary N) is 1. The van der Waals surface area contributed by atoms with Crippen molar-refractivity contribution in [3.63, 3.8) is 0 Å². The number of benzene rings is 2. The maximum Gasteiger partial charge on any atom is 0.227 e. The molecule has 0 amide bonds. The first kappa shape index (κ1) is 17.1. The Hall–Kier alpha value is -3.30. The fourth-order valence-electron chi connectivity index (χ4n) is 3.11. The molecule has 2 heterocycles. The number of rotatable bonds is 4. The van der Waals surface area contributed by atoms with Crippen LogP contribution in [0.15, 0.2) is 42.6 Å². The lowest BCUT2D eigenvalue weighted by Gasteiger charge is -2.28. The SMILES string of the molecule is C#Cc1cc2cnc(Nc3ccc(N4CCOCC4)cc3)nc2cc1OC. The van der Waals surface area contributed by atoms with Crippen LogP contribution in [-0.2, 0) is 4.74 Å². The van der Waals surface area contributed by atoms with Crippen LogP contribution >= 0.6 is 0 Å². The largest absolute Gasteiger partial charge is 0.495 e. The van der Waals surface area contributed by atoms with Gasteiger partial charge in [0.05, 0.1) is 31.4 Å².